The van der Waals surface area contributed by atoms with Gasteiger partial charge in [0.15, 0.2) is 0 Å². The zero-order chi connectivity index (χ0) is 13.4. The van der Waals surface area contributed by atoms with Gasteiger partial charge in [-0.15, -0.1) is 11.3 Å². The van der Waals surface area contributed by atoms with E-state index in [2.05, 4.69) is 27.8 Å². The van der Waals surface area contributed by atoms with Crippen LogP contribution in [0.15, 0.2) is 15.2 Å². The third kappa shape index (κ3) is 2.62. The fraction of sp³-hybridized carbons (Fsp3) is 0.667. The summed E-state index contributed by atoms with van der Waals surface area (Å²) in [4.78, 5) is 14.9. The van der Waals surface area contributed by atoms with Crippen LogP contribution in [0.1, 0.15) is 49.4 Å². The first-order valence-electron chi connectivity index (χ1n) is 7.22. The van der Waals surface area contributed by atoms with Crippen molar-refractivity contribution in [2.75, 3.05) is 6.54 Å². The summed E-state index contributed by atoms with van der Waals surface area (Å²) >= 11 is 5.05. The van der Waals surface area contributed by atoms with Crippen LogP contribution in [0.2, 0.25) is 0 Å². The number of nitrogens with zero attached hydrogens (tertiary/aromatic N) is 1. The van der Waals surface area contributed by atoms with E-state index in [1.54, 1.807) is 11.3 Å². The van der Waals surface area contributed by atoms with Gasteiger partial charge in [0.25, 0.3) is 5.91 Å². The summed E-state index contributed by atoms with van der Waals surface area (Å²) in [5.74, 6) is 1.75. The van der Waals surface area contributed by atoms with Gasteiger partial charge in [-0.25, -0.2) is 0 Å². The number of piperidine rings is 1. The number of fused-ring (bicyclic) bond motifs is 1. The van der Waals surface area contributed by atoms with Gasteiger partial charge >= 0.3 is 0 Å². The summed E-state index contributed by atoms with van der Waals surface area (Å²) in [6.45, 7) is 3.31. The van der Waals surface area contributed by atoms with Crippen molar-refractivity contribution in [1.29, 1.82) is 0 Å². The van der Waals surface area contributed by atoms with Crippen LogP contribution in [-0.2, 0) is 0 Å². The van der Waals surface area contributed by atoms with Crippen LogP contribution in [0.4, 0.5) is 0 Å². The highest BCUT2D eigenvalue weighted by atomic mass is 79.9. The molecule has 2 aliphatic rings. The Morgan fingerprint density at radius 3 is 2.89 bits per heavy atom. The van der Waals surface area contributed by atoms with E-state index in [1.165, 1.54) is 25.7 Å². The molecule has 1 aromatic rings. The Balaban J connectivity index is 1.81. The van der Waals surface area contributed by atoms with Crippen molar-refractivity contribution in [3.8, 4) is 0 Å². The standard InChI is InChI=1S/C15H20BrNOS/c1-10-6-7-17(13-5-3-2-4-12(10)13)15(18)11-8-14(16)19-9-11/h8-10,12-13H,2-7H2,1H3. The first-order valence-corrected chi connectivity index (χ1v) is 8.89. The lowest BCUT2D eigenvalue weighted by Gasteiger charge is -2.47. The molecule has 0 bridgehead atoms. The Hall–Kier alpha value is -0.350. The Bertz CT molecular complexity index is 472. The number of carbonyl (C=O) groups excluding carboxylic acids is 1. The number of halogens is 1. The van der Waals surface area contributed by atoms with Crippen molar-refractivity contribution in [1.82, 2.24) is 4.90 Å². The van der Waals surface area contributed by atoms with E-state index in [9.17, 15) is 4.79 Å². The molecule has 1 aromatic heterocycles. The highest BCUT2D eigenvalue weighted by molar-refractivity contribution is 9.11. The molecule has 1 aliphatic heterocycles. The highest BCUT2D eigenvalue weighted by Crippen LogP contribution is 2.39. The fourth-order valence-electron chi connectivity index (χ4n) is 3.75. The largest absolute Gasteiger partial charge is 0.335 e. The van der Waals surface area contributed by atoms with Crippen LogP contribution in [0.25, 0.3) is 0 Å². The molecule has 1 saturated carbocycles. The molecule has 0 N–H and O–H groups in total. The van der Waals surface area contributed by atoms with Gasteiger partial charge in [-0.2, -0.15) is 0 Å². The summed E-state index contributed by atoms with van der Waals surface area (Å²) in [5, 5.41) is 1.97. The Morgan fingerprint density at radius 2 is 2.16 bits per heavy atom. The molecule has 2 nitrogen and oxygen atoms in total. The summed E-state index contributed by atoms with van der Waals surface area (Å²) in [7, 11) is 0. The molecule has 2 fully saturated rings. The first-order chi connectivity index (χ1) is 9.16. The third-order valence-corrected chi connectivity index (χ3v) is 6.32. The van der Waals surface area contributed by atoms with E-state index >= 15 is 0 Å². The van der Waals surface area contributed by atoms with Crippen molar-refractivity contribution in [2.45, 2.75) is 45.1 Å². The molecule has 1 saturated heterocycles. The van der Waals surface area contributed by atoms with Crippen molar-refractivity contribution < 1.29 is 4.79 Å². The first kappa shape index (κ1) is 13.6. The van der Waals surface area contributed by atoms with E-state index in [4.69, 9.17) is 0 Å². The van der Waals surface area contributed by atoms with Gasteiger partial charge in [0, 0.05) is 18.0 Å². The number of carbonyl (C=O) groups is 1. The van der Waals surface area contributed by atoms with Crippen LogP contribution in [0, 0.1) is 11.8 Å². The van der Waals surface area contributed by atoms with Crippen LogP contribution >= 0.6 is 27.3 Å². The number of amides is 1. The van der Waals surface area contributed by atoms with Crippen LogP contribution in [-0.4, -0.2) is 23.4 Å². The summed E-state index contributed by atoms with van der Waals surface area (Å²) in [5.41, 5.74) is 0.857. The fourth-order valence-corrected chi connectivity index (χ4v) is 4.88. The number of thiophene rings is 1. The van der Waals surface area contributed by atoms with Crippen LogP contribution in [0.5, 0.6) is 0 Å². The van der Waals surface area contributed by atoms with E-state index < -0.39 is 0 Å². The van der Waals surface area contributed by atoms with E-state index in [1.807, 2.05) is 11.4 Å². The summed E-state index contributed by atoms with van der Waals surface area (Å²) in [6, 6.07) is 2.45. The van der Waals surface area contributed by atoms with E-state index in [-0.39, 0.29) is 5.91 Å². The predicted octanol–water partition coefficient (Wildman–Crippen LogP) is 4.55. The second kappa shape index (κ2) is 5.57. The lowest BCUT2D eigenvalue weighted by Crippen LogP contribution is -2.52. The zero-order valence-electron chi connectivity index (χ0n) is 11.3. The molecule has 0 aromatic carbocycles. The zero-order valence-corrected chi connectivity index (χ0v) is 13.7. The molecule has 2 heterocycles. The molecular weight excluding hydrogens is 322 g/mol. The van der Waals surface area contributed by atoms with Gasteiger partial charge in [0.1, 0.15) is 0 Å². The van der Waals surface area contributed by atoms with Crippen LogP contribution in [0.3, 0.4) is 0 Å². The molecule has 1 aliphatic carbocycles. The van der Waals surface area contributed by atoms with Gasteiger partial charge in [-0.3, -0.25) is 4.79 Å². The molecule has 1 amide bonds. The minimum Gasteiger partial charge on any atom is -0.335 e. The molecule has 104 valence electrons. The summed E-state index contributed by atoms with van der Waals surface area (Å²) in [6.07, 6.45) is 6.30. The Morgan fingerprint density at radius 1 is 1.37 bits per heavy atom. The number of hydrogen-bond acceptors (Lipinski definition) is 2. The number of rotatable bonds is 1. The minimum atomic E-state index is 0.241. The van der Waals surface area contributed by atoms with Crippen LogP contribution < -0.4 is 0 Å². The second-order valence-electron chi connectivity index (χ2n) is 5.92. The van der Waals surface area contributed by atoms with Crippen molar-refractivity contribution in [3.05, 3.63) is 20.8 Å². The average Bonchev–Trinajstić information content (AvgIpc) is 2.86. The minimum absolute atomic E-state index is 0.241. The highest BCUT2D eigenvalue weighted by Gasteiger charge is 2.39. The van der Waals surface area contributed by atoms with Crippen molar-refractivity contribution >= 4 is 33.2 Å². The smallest absolute Gasteiger partial charge is 0.254 e. The molecule has 3 rings (SSSR count). The number of hydrogen-bond donors (Lipinski definition) is 0. The maximum absolute atomic E-state index is 12.7. The Kier molecular flexibility index (Phi) is 3.99. The topological polar surface area (TPSA) is 20.3 Å². The van der Waals surface area contributed by atoms with Gasteiger partial charge in [-0.05, 0) is 53.1 Å². The maximum atomic E-state index is 12.7. The summed E-state index contributed by atoms with van der Waals surface area (Å²) < 4.78 is 1.04. The molecule has 19 heavy (non-hydrogen) atoms. The van der Waals surface area contributed by atoms with E-state index in [0.29, 0.717) is 6.04 Å². The SMILES string of the molecule is CC1CCN(C(=O)c2csc(Br)c2)C2CCCCC12. The quantitative estimate of drug-likeness (QED) is 0.733. The maximum Gasteiger partial charge on any atom is 0.254 e. The monoisotopic (exact) mass is 341 g/mol. The molecular formula is C15H20BrNOS. The van der Waals surface area contributed by atoms with Gasteiger partial charge in [-0.1, -0.05) is 19.8 Å². The second-order valence-corrected chi connectivity index (χ2v) is 8.21. The molecule has 3 atom stereocenters. The Labute approximate surface area is 127 Å². The number of likely N-dealkylation sites (tertiary alicyclic amines) is 1. The lowest BCUT2D eigenvalue weighted by molar-refractivity contribution is 0.0218. The van der Waals surface area contributed by atoms with E-state index in [0.717, 1.165) is 34.2 Å². The lowest BCUT2D eigenvalue weighted by atomic mass is 9.72. The predicted molar refractivity (Wildman–Crippen MR) is 82.6 cm³/mol. The molecule has 4 heteroatoms. The van der Waals surface area contributed by atoms with Gasteiger partial charge in [0.05, 0.1) is 9.35 Å². The normalized spacial score (nSPS) is 31.1. The third-order valence-electron chi connectivity index (χ3n) is 4.81. The van der Waals surface area contributed by atoms with Crippen molar-refractivity contribution in [2.24, 2.45) is 11.8 Å². The average molecular weight is 342 g/mol. The van der Waals surface area contributed by atoms with Gasteiger partial charge in [0.2, 0.25) is 0 Å². The van der Waals surface area contributed by atoms with Crippen molar-refractivity contribution in [3.63, 3.8) is 0 Å². The van der Waals surface area contributed by atoms with Gasteiger partial charge < -0.3 is 4.90 Å². The molecule has 0 spiro atoms. The molecule has 0 radical (unpaired) electrons. The molecule has 3 unspecified atom stereocenters.